The summed E-state index contributed by atoms with van der Waals surface area (Å²) in [5.74, 6) is -2.11. The molecule has 110 valence electrons. The zero-order chi connectivity index (χ0) is 15.6. The van der Waals surface area contributed by atoms with Gasteiger partial charge in [-0.25, -0.2) is 9.78 Å². The number of alkyl halides is 3. The highest BCUT2D eigenvalue weighted by atomic mass is 19.4. The number of carbonyl (C=O) groups excluding carboxylic acids is 1. The third-order valence-electron chi connectivity index (χ3n) is 2.79. The molecule has 0 N–H and O–H groups in total. The van der Waals surface area contributed by atoms with Gasteiger partial charge in [0.25, 0.3) is 0 Å². The molecule has 3 nitrogen and oxygen atoms in total. The first kappa shape index (κ1) is 15.0. The lowest BCUT2D eigenvalue weighted by molar-refractivity contribution is -0.137. The van der Waals surface area contributed by atoms with Crippen LogP contribution >= 0.6 is 0 Å². The topological polar surface area (TPSA) is 39.2 Å². The molecular weight excluding hydrogens is 290 g/mol. The average molecular weight is 299 g/mol. The number of aromatic nitrogens is 1. The van der Waals surface area contributed by atoms with Gasteiger partial charge in [-0.3, -0.25) is 0 Å². The summed E-state index contributed by atoms with van der Waals surface area (Å²) in [6, 6.07) is 5.75. The maximum Gasteiger partial charge on any atom is 0.417 e. The zero-order valence-electron chi connectivity index (χ0n) is 10.7. The smallest absolute Gasteiger partial charge is 0.417 e. The Morgan fingerprint density at radius 3 is 2.52 bits per heavy atom. The van der Waals surface area contributed by atoms with Crippen LogP contribution in [0.4, 0.5) is 17.6 Å². The summed E-state index contributed by atoms with van der Waals surface area (Å²) in [5, 5.41) is 0. The number of methoxy groups -OCH3 is 1. The van der Waals surface area contributed by atoms with Gasteiger partial charge < -0.3 is 4.74 Å². The Labute approximate surface area is 117 Å². The molecule has 0 aliphatic heterocycles. The molecule has 1 heterocycles. The van der Waals surface area contributed by atoms with Crippen molar-refractivity contribution in [3.8, 4) is 11.1 Å². The second kappa shape index (κ2) is 5.51. The average Bonchev–Trinajstić information content (AvgIpc) is 2.46. The quantitative estimate of drug-likeness (QED) is 0.482. The maximum atomic E-state index is 13.4. The van der Waals surface area contributed by atoms with Crippen LogP contribution in [-0.4, -0.2) is 18.1 Å². The minimum absolute atomic E-state index is 0.0234. The van der Waals surface area contributed by atoms with Crippen molar-refractivity contribution in [2.75, 3.05) is 7.11 Å². The summed E-state index contributed by atoms with van der Waals surface area (Å²) in [6.45, 7) is 0. The molecule has 0 radical (unpaired) electrons. The highest BCUT2D eigenvalue weighted by molar-refractivity contribution is 5.91. The summed E-state index contributed by atoms with van der Waals surface area (Å²) in [7, 11) is 1.04. The number of pyridine rings is 1. The lowest BCUT2D eigenvalue weighted by Gasteiger charge is -2.13. The highest BCUT2D eigenvalue weighted by Gasteiger charge is 2.33. The molecular formula is C14H9F4NO2. The predicted octanol–water partition coefficient (Wildman–Crippen LogP) is 3.69. The number of benzene rings is 1. The maximum absolute atomic E-state index is 13.4. The van der Waals surface area contributed by atoms with Crippen LogP contribution < -0.4 is 0 Å². The van der Waals surface area contributed by atoms with Crippen molar-refractivity contribution in [2.45, 2.75) is 6.18 Å². The first-order valence-corrected chi connectivity index (χ1v) is 5.75. The zero-order valence-corrected chi connectivity index (χ0v) is 10.7. The number of esters is 1. The predicted molar refractivity (Wildman–Crippen MR) is 66.0 cm³/mol. The Hall–Kier alpha value is -2.44. The van der Waals surface area contributed by atoms with Crippen LogP contribution in [0.2, 0.25) is 0 Å². The van der Waals surface area contributed by atoms with Gasteiger partial charge in [-0.05, 0) is 17.7 Å². The van der Waals surface area contributed by atoms with Crippen LogP contribution in [0.15, 0.2) is 36.5 Å². The van der Waals surface area contributed by atoms with Gasteiger partial charge in [0, 0.05) is 11.8 Å². The fourth-order valence-corrected chi connectivity index (χ4v) is 1.83. The first-order chi connectivity index (χ1) is 9.84. The summed E-state index contributed by atoms with van der Waals surface area (Å²) in [4.78, 5) is 14.7. The number of hydrogen-bond acceptors (Lipinski definition) is 3. The van der Waals surface area contributed by atoms with Gasteiger partial charge >= 0.3 is 12.1 Å². The molecule has 0 fully saturated rings. The molecule has 0 aliphatic carbocycles. The van der Waals surface area contributed by atoms with Gasteiger partial charge in [0.05, 0.1) is 12.7 Å². The van der Waals surface area contributed by atoms with Crippen molar-refractivity contribution in [2.24, 2.45) is 0 Å². The van der Waals surface area contributed by atoms with Crippen molar-refractivity contribution in [3.05, 3.63) is 53.6 Å². The molecule has 0 amide bonds. The standard InChI is InChI=1S/C14H9F4NO2/c1-21-13(20)10-6-8(7-19-12(10)15)9-4-2-3-5-11(9)14(16,17)18/h2-7H,1H3. The SMILES string of the molecule is COC(=O)c1cc(-c2ccccc2C(F)(F)F)cnc1F. The number of nitrogens with zero attached hydrogens (tertiary/aromatic N) is 1. The Bertz CT molecular complexity index is 683. The molecule has 0 unspecified atom stereocenters. The normalized spacial score (nSPS) is 11.3. The van der Waals surface area contributed by atoms with E-state index >= 15 is 0 Å². The fraction of sp³-hybridized carbons (Fsp3) is 0.143. The third-order valence-corrected chi connectivity index (χ3v) is 2.79. The Morgan fingerprint density at radius 2 is 1.90 bits per heavy atom. The molecule has 0 spiro atoms. The first-order valence-electron chi connectivity index (χ1n) is 5.75. The third kappa shape index (κ3) is 3.01. The van der Waals surface area contributed by atoms with E-state index < -0.39 is 29.2 Å². The second-order valence-electron chi connectivity index (χ2n) is 4.10. The molecule has 0 atom stereocenters. The summed E-state index contributed by atoms with van der Waals surface area (Å²) >= 11 is 0. The van der Waals surface area contributed by atoms with Crippen LogP contribution in [-0.2, 0) is 10.9 Å². The van der Waals surface area contributed by atoms with E-state index in [0.29, 0.717) is 0 Å². The lowest BCUT2D eigenvalue weighted by atomic mass is 9.99. The van der Waals surface area contributed by atoms with Crippen molar-refractivity contribution >= 4 is 5.97 Å². The monoisotopic (exact) mass is 299 g/mol. The molecule has 0 aliphatic rings. The summed E-state index contributed by atoms with van der Waals surface area (Å²) < 4.78 is 56.6. The number of ether oxygens (including phenoxy) is 1. The van der Waals surface area contributed by atoms with Gasteiger partial charge in [0.2, 0.25) is 5.95 Å². The molecule has 1 aromatic carbocycles. The van der Waals surface area contributed by atoms with Crippen molar-refractivity contribution in [1.82, 2.24) is 4.98 Å². The Balaban J connectivity index is 2.61. The molecule has 2 aromatic rings. The van der Waals surface area contributed by atoms with Gasteiger partial charge in [-0.1, -0.05) is 18.2 Å². The summed E-state index contributed by atoms with van der Waals surface area (Å²) in [6.07, 6.45) is -3.64. The van der Waals surface area contributed by atoms with E-state index in [1.807, 2.05) is 0 Å². The van der Waals surface area contributed by atoms with Crippen molar-refractivity contribution in [1.29, 1.82) is 0 Å². The Morgan fingerprint density at radius 1 is 1.24 bits per heavy atom. The molecule has 1 aromatic heterocycles. The van der Waals surface area contributed by atoms with E-state index in [1.165, 1.54) is 18.2 Å². The van der Waals surface area contributed by atoms with E-state index in [1.54, 1.807) is 0 Å². The van der Waals surface area contributed by atoms with E-state index in [-0.39, 0.29) is 11.1 Å². The van der Waals surface area contributed by atoms with Crippen LogP contribution in [0.5, 0.6) is 0 Å². The van der Waals surface area contributed by atoms with Crippen molar-refractivity contribution < 1.29 is 27.1 Å². The molecule has 7 heteroatoms. The van der Waals surface area contributed by atoms with Gasteiger partial charge in [-0.15, -0.1) is 0 Å². The van der Waals surface area contributed by atoms with Gasteiger partial charge in [-0.2, -0.15) is 17.6 Å². The molecule has 0 saturated carbocycles. The largest absolute Gasteiger partial charge is 0.465 e. The summed E-state index contributed by atoms with van der Waals surface area (Å²) in [5.41, 5.74) is -1.63. The van der Waals surface area contributed by atoms with Crippen LogP contribution in [0.25, 0.3) is 11.1 Å². The molecule has 0 bridgehead atoms. The fourth-order valence-electron chi connectivity index (χ4n) is 1.83. The lowest BCUT2D eigenvalue weighted by Crippen LogP contribution is -2.09. The van der Waals surface area contributed by atoms with E-state index in [4.69, 9.17) is 0 Å². The number of rotatable bonds is 2. The second-order valence-corrected chi connectivity index (χ2v) is 4.10. The number of hydrogen-bond donors (Lipinski definition) is 0. The van der Waals surface area contributed by atoms with Gasteiger partial charge in [0.15, 0.2) is 0 Å². The van der Waals surface area contributed by atoms with Crippen LogP contribution in [0.1, 0.15) is 15.9 Å². The minimum Gasteiger partial charge on any atom is -0.465 e. The van der Waals surface area contributed by atoms with E-state index in [2.05, 4.69) is 9.72 Å². The molecule has 21 heavy (non-hydrogen) atoms. The highest BCUT2D eigenvalue weighted by Crippen LogP contribution is 2.37. The number of carbonyl (C=O) groups is 1. The number of halogens is 4. The van der Waals surface area contributed by atoms with E-state index in [0.717, 1.165) is 25.4 Å². The Kier molecular flexibility index (Phi) is 3.93. The molecule has 0 saturated heterocycles. The van der Waals surface area contributed by atoms with Crippen LogP contribution in [0.3, 0.4) is 0 Å². The van der Waals surface area contributed by atoms with Gasteiger partial charge in [0.1, 0.15) is 5.56 Å². The van der Waals surface area contributed by atoms with Crippen molar-refractivity contribution in [3.63, 3.8) is 0 Å². The van der Waals surface area contributed by atoms with Crippen LogP contribution in [0, 0.1) is 5.95 Å². The minimum atomic E-state index is -4.57. The van der Waals surface area contributed by atoms with E-state index in [9.17, 15) is 22.4 Å². The molecule has 2 rings (SSSR count).